The zero-order valence-corrected chi connectivity index (χ0v) is 15.1. The summed E-state index contributed by atoms with van der Waals surface area (Å²) in [6, 6.07) is 6.56. The van der Waals surface area contributed by atoms with Gasteiger partial charge in [0.15, 0.2) is 0 Å². The van der Waals surface area contributed by atoms with E-state index in [0.717, 1.165) is 63.0 Å². The number of nitrogens with one attached hydrogen (secondary N) is 2. The van der Waals surface area contributed by atoms with E-state index in [2.05, 4.69) is 34.6 Å². The Hall–Kier alpha value is -1.88. The van der Waals surface area contributed by atoms with E-state index in [0.29, 0.717) is 24.8 Å². The van der Waals surface area contributed by atoms with Crippen LogP contribution in [0.4, 0.5) is 5.69 Å². The van der Waals surface area contributed by atoms with Crippen molar-refractivity contribution in [2.45, 2.75) is 57.9 Å². The highest BCUT2D eigenvalue weighted by Crippen LogP contribution is 2.24. The van der Waals surface area contributed by atoms with Crippen molar-refractivity contribution in [2.75, 3.05) is 25.0 Å². The molecular formula is C20H29N3O2. The smallest absolute Gasteiger partial charge is 0.228 e. The molecule has 2 N–H and O–H groups in total. The number of nitrogens with zero attached hydrogens (tertiary/aromatic N) is 1. The lowest BCUT2D eigenvalue weighted by Gasteiger charge is -2.34. The molecule has 2 amide bonds. The van der Waals surface area contributed by atoms with Crippen LogP contribution >= 0.6 is 0 Å². The SMILES string of the molecule is CCCN(C(=O)CCCc1ccc2c(c1)CC(=O)N2)C1CCNCC1. The molecule has 0 atom stereocenters. The highest BCUT2D eigenvalue weighted by molar-refractivity contribution is 5.99. The number of fused-ring (bicyclic) bond motifs is 1. The predicted octanol–water partition coefficient (Wildman–Crippen LogP) is 2.49. The zero-order valence-electron chi connectivity index (χ0n) is 15.1. The Kier molecular flexibility index (Phi) is 6.08. The minimum Gasteiger partial charge on any atom is -0.340 e. The number of aryl methyl sites for hydroxylation is 1. The quantitative estimate of drug-likeness (QED) is 0.800. The molecule has 1 aromatic carbocycles. The van der Waals surface area contributed by atoms with Gasteiger partial charge in [0.2, 0.25) is 11.8 Å². The fourth-order valence-electron chi connectivity index (χ4n) is 3.90. The van der Waals surface area contributed by atoms with Crippen LogP contribution in [0.25, 0.3) is 0 Å². The van der Waals surface area contributed by atoms with Crippen molar-refractivity contribution >= 4 is 17.5 Å². The lowest BCUT2D eigenvalue weighted by molar-refractivity contribution is -0.134. The minimum absolute atomic E-state index is 0.0690. The summed E-state index contributed by atoms with van der Waals surface area (Å²) in [5, 5.41) is 6.23. The molecule has 1 saturated heterocycles. The van der Waals surface area contributed by atoms with Crippen LogP contribution in [-0.2, 0) is 22.4 Å². The van der Waals surface area contributed by atoms with Gasteiger partial charge in [-0.25, -0.2) is 0 Å². The molecule has 0 aliphatic carbocycles. The highest BCUT2D eigenvalue weighted by atomic mass is 16.2. The predicted molar refractivity (Wildman–Crippen MR) is 99.6 cm³/mol. The summed E-state index contributed by atoms with van der Waals surface area (Å²) >= 11 is 0. The van der Waals surface area contributed by atoms with Gasteiger partial charge in [-0.3, -0.25) is 9.59 Å². The highest BCUT2D eigenvalue weighted by Gasteiger charge is 2.24. The summed E-state index contributed by atoms with van der Waals surface area (Å²) in [5.74, 6) is 0.367. The molecule has 2 heterocycles. The lowest BCUT2D eigenvalue weighted by Crippen LogP contribution is -2.46. The largest absolute Gasteiger partial charge is 0.340 e. The molecule has 5 heteroatoms. The molecule has 0 aromatic heterocycles. The maximum atomic E-state index is 12.7. The Labute approximate surface area is 150 Å². The Balaban J connectivity index is 1.51. The molecule has 1 fully saturated rings. The molecule has 0 spiro atoms. The molecule has 2 aliphatic heterocycles. The normalized spacial score (nSPS) is 17.2. The van der Waals surface area contributed by atoms with Crippen LogP contribution in [0.2, 0.25) is 0 Å². The third-order valence-corrected chi connectivity index (χ3v) is 5.19. The second-order valence-electron chi connectivity index (χ2n) is 7.14. The molecule has 0 bridgehead atoms. The van der Waals surface area contributed by atoms with Crippen molar-refractivity contribution in [2.24, 2.45) is 0 Å². The van der Waals surface area contributed by atoms with Crippen molar-refractivity contribution < 1.29 is 9.59 Å². The van der Waals surface area contributed by atoms with Crippen LogP contribution in [0.5, 0.6) is 0 Å². The number of amides is 2. The molecule has 0 saturated carbocycles. The molecule has 0 unspecified atom stereocenters. The Bertz CT molecular complexity index is 623. The maximum absolute atomic E-state index is 12.7. The van der Waals surface area contributed by atoms with Crippen LogP contribution in [-0.4, -0.2) is 42.4 Å². The molecule has 136 valence electrons. The Morgan fingerprint density at radius 2 is 2.08 bits per heavy atom. The van der Waals surface area contributed by atoms with Crippen molar-refractivity contribution in [1.82, 2.24) is 10.2 Å². The van der Waals surface area contributed by atoms with Crippen molar-refractivity contribution in [1.29, 1.82) is 0 Å². The van der Waals surface area contributed by atoms with Gasteiger partial charge in [-0.1, -0.05) is 19.1 Å². The first-order valence-electron chi connectivity index (χ1n) is 9.59. The molecule has 0 radical (unpaired) electrons. The van der Waals surface area contributed by atoms with E-state index in [9.17, 15) is 9.59 Å². The topological polar surface area (TPSA) is 61.4 Å². The summed E-state index contributed by atoms with van der Waals surface area (Å²) in [7, 11) is 0. The molecular weight excluding hydrogens is 314 g/mol. The molecule has 3 rings (SSSR count). The third-order valence-electron chi connectivity index (χ3n) is 5.19. The van der Waals surface area contributed by atoms with E-state index >= 15 is 0 Å². The number of benzene rings is 1. The summed E-state index contributed by atoms with van der Waals surface area (Å²) in [6.45, 7) is 5.04. The van der Waals surface area contributed by atoms with Crippen molar-refractivity contribution in [3.8, 4) is 0 Å². The minimum atomic E-state index is 0.0690. The van der Waals surface area contributed by atoms with E-state index in [1.165, 1.54) is 5.56 Å². The van der Waals surface area contributed by atoms with Crippen molar-refractivity contribution in [3.63, 3.8) is 0 Å². The van der Waals surface area contributed by atoms with Crippen molar-refractivity contribution in [3.05, 3.63) is 29.3 Å². The number of piperidine rings is 1. The first-order chi connectivity index (χ1) is 12.2. The fraction of sp³-hybridized carbons (Fsp3) is 0.600. The van der Waals surface area contributed by atoms with E-state index in [4.69, 9.17) is 0 Å². The Morgan fingerprint density at radius 1 is 1.28 bits per heavy atom. The van der Waals surface area contributed by atoms with Gasteiger partial charge >= 0.3 is 0 Å². The van der Waals surface area contributed by atoms with Gasteiger partial charge in [0.1, 0.15) is 0 Å². The van der Waals surface area contributed by atoms with Gasteiger partial charge < -0.3 is 15.5 Å². The summed E-state index contributed by atoms with van der Waals surface area (Å²) in [4.78, 5) is 26.3. The van der Waals surface area contributed by atoms with Gasteiger partial charge in [-0.15, -0.1) is 0 Å². The van der Waals surface area contributed by atoms with Crippen LogP contribution in [0, 0.1) is 0 Å². The molecule has 2 aliphatic rings. The second-order valence-corrected chi connectivity index (χ2v) is 7.14. The van der Waals surface area contributed by atoms with Gasteiger partial charge in [0.25, 0.3) is 0 Å². The third kappa shape index (κ3) is 4.60. The van der Waals surface area contributed by atoms with Crippen LogP contribution in [0.1, 0.15) is 50.2 Å². The number of carbonyl (C=O) groups is 2. The first-order valence-corrected chi connectivity index (χ1v) is 9.59. The summed E-state index contributed by atoms with van der Waals surface area (Å²) < 4.78 is 0. The van der Waals surface area contributed by atoms with Gasteiger partial charge in [-0.05, 0) is 62.4 Å². The molecule has 5 nitrogen and oxygen atoms in total. The monoisotopic (exact) mass is 343 g/mol. The summed E-state index contributed by atoms with van der Waals surface area (Å²) in [6.07, 6.45) is 5.99. The maximum Gasteiger partial charge on any atom is 0.228 e. The van der Waals surface area contributed by atoms with Crippen LogP contribution in [0.15, 0.2) is 18.2 Å². The van der Waals surface area contributed by atoms with Gasteiger partial charge in [-0.2, -0.15) is 0 Å². The van der Waals surface area contributed by atoms with E-state index in [1.807, 2.05) is 6.07 Å². The van der Waals surface area contributed by atoms with E-state index in [1.54, 1.807) is 0 Å². The standard InChI is InChI=1S/C20H29N3O2/c1-2-12-23(17-8-10-21-11-9-17)20(25)5-3-4-15-6-7-18-16(13-15)14-19(24)22-18/h6-7,13,17,21H,2-5,8-12,14H2,1H3,(H,22,24). The van der Waals surface area contributed by atoms with E-state index in [-0.39, 0.29) is 5.91 Å². The van der Waals surface area contributed by atoms with Gasteiger partial charge in [0.05, 0.1) is 6.42 Å². The number of anilines is 1. The fourth-order valence-corrected chi connectivity index (χ4v) is 3.90. The van der Waals surface area contributed by atoms with Crippen LogP contribution < -0.4 is 10.6 Å². The average molecular weight is 343 g/mol. The Morgan fingerprint density at radius 3 is 2.84 bits per heavy atom. The number of rotatable bonds is 7. The number of carbonyl (C=O) groups excluding carboxylic acids is 2. The zero-order chi connectivity index (χ0) is 17.6. The van der Waals surface area contributed by atoms with Gasteiger partial charge in [0, 0.05) is 24.7 Å². The van der Waals surface area contributed by atoms with E-state index < -0.39 is 0 Å². The number of hydrogen-bond acceptors (Lipinski definition) is 3. The number of hydrogen-bond donors (Lipinski definition) is 2. The van der Waals surface area contributed by atoms with Crippen LogP contribution in [0.3, 0.4) is 0 Å². The molecule has 25 heavy (non-hydrogen) atoms. The second kappa shape index (κ2) is 8.48. The lowest BCUT2D eigenvalue weighted by atomic mass is 10.0. The summed E-state index contributed by atoms with van der Waals surface area (Å²) in [5.41, 5.74) is 3.23. The first kappa shape index (κ1) is 17.9. The average Bonchev–Trinajstić information content (AvgIpc) is 2.99. The molecule has 1 aromatic rings.